The zero-order valence-electron chi connectivity index (χ0n) is 18.9. The SMILES string of the molecule is Cc1cccc(NC(=O)C23CCC(C)(c4nc5ccc([N+](=O)[O-])cc5nc42)C3(C)C)c1C. The smallest absolute Gasteiger partial charge is 0.271 e. The molecule has 7 nitrogen and oxygen atoms in total. The van der Waals surface area contributed by atoms with Crippen molar-refractivity contribution >= 4 is 28.3 Å². The van der Waals surface area contributed by atoms with Crippen molar-refractivity contribution in [3.63, 3.8) is 0 Å². The van der Waals surface area contributed by atoms with E-state index in [1.807, 2.05) is 32.0 Å². The molecule has 2 bridgehead atoms. The van der Waals surface area contributed by atoms with Crippen LogP contribution in [0.15, 0.2) is 36.4 Å². The van der Waals surface area contributed by atoms with Crippen molar-refractivity contribution in [2.75, 3.05) is 5.32 Å². The van der Waals surface area contributed by atoms with E-state index >= 15 is 0 Å². The summed E-state index contributed by atoms with van der Waals surface area (Å²) >= 11 is 0. The number of hydrogen-bond acceptors (Lipinski definition) is 5. The maximum atomic E-state index is 14.0. The summed E-state index contributed by atoms with van der Waals surface area (Å²) in [4.78, 5) is 34.6. The van der Waals surface area contributed by atoms with Crippen molar-refractivity contribution in [1.29, 1.82) is 0 Å². The van der Waals surface area contributed by atoms with Crippen LogP contribution in [-0.4, -0.2) is 20.8 Å². The van der Waals surface area contributed by atoms with Gasteiger partial charge in [0.15, 0.2) is 0 Å². The van der Waals surface area contributed by atoms with E-state index in [1.54, 1.807) is 6.07 Å². The number of anilines is 1. The number of aryl methyl sites for hydroxylation is 1. The van der Waals surface area contributed by atoms with Gasteiger partial charge in [-0.15, -0.1) is 0 Å². The zero-order chi connectivity index (χ0) is 23.1. The molecule has 164 valence electrons. The Bertz CT molecular complexity index is 1330. The van der Waals surface area contributed by atoms with Gasteiger partial charge in [-0.3, -0.25) is 14.9 Å². The van der Waals surface area contributed by atoms with Crippen LogP contribution in [0.1, 0.15) is 56.1 Å². The highest BCUT2D eigenvalue weighted by Gasteiger charge is 2.73. The summed E-state index contributed by atoms with van der Waals surface area (Å²) in [6.07, 6.45) is 1.50. The molecule has 0 radical (unpaired) electrons. The van der Waals surface area contributed by atoms with Crippen LogP contribution in [0.4, 0.5) is 11.4 Å². The first-order valence-corrected chi connectivity index (χ1v) is 10.9. The van der Waals surface area contributed by atoms with E-state index in [2.05, 4.69) is 26.1 Å². The number of non-ortho nitro benzene ring substituents is 1. The predicted molar refractivity (Wildman–Crippen MR) is 123 cm³/mol. The van der Waals surface area contributed by atoms with Crippen LogP contribution < -0.4 is 5.32 Å². The molecule has 0 saturated heterocycles. The fourth-order valence-corrected chi connectivity index (χ4v) is 5.82. The molecule has 1 fully saturated rings. The average Bonchev–Trinajstić information content (AvgIpc) is 3.04. The number of hydrogen-bond donors (Lipinski definition) is 1. The first-order valence-electron chi connectivity index (χ1n) is 10.9. The Kier molecular flexibility index (Phi) is 4.07. The molecule has 2 atom stereocenters. The average molecular weight is 431 g/mol. The van der Waals surface area contributed by atoms with E-state index in [0.717, 1.165) is 28.9 Å². The van der Waals surface area contributed by atoms with Gasteiger partial charge in [-0.2, -0.15) is 0 Å². The van der Waals surface area contributed by atoms with Crippen LogP contribution in [0, 0.1) is 29.4 Å². The molecule has 7 heteroatoms. The Morgan fingerprint density at radius 3 is 2.47 bits per heavy atom. The highest BCUT2D eigenvalue weighted by molar-refractivity contribution is 6.02. The van der Waals surface area contributed by atoms with Crippen LogP contribution in [0.3, 0.4) is 0 Å². The van der Waals surface area contributed by atoms with Crippen molar-refractivity contribution in [2.24, 2.45) is 5.41 Å². The maximum absolute atomic E-state index is 14.0. The molecule has 0 spiro atoms. The summed E-state index contributed by atoms with van der Waals surface area (Å²) in [5.74, 6) is -0.0854. The molecule has 5 rings (SSSR count). The molecule has 2 aliphatic rings. The van der Waals surface area contributed by atoms with E-state index < -0.39 is 15.8 Å². The third kappa shape index (κ3) is 2.34. The van der Waals surface area contributed by atoms with Gasteiger partial charge in [-0.1, -0.05) is 32.9 Å². The monoisotopic (exact) mass is 430 g/mol. The molecule has 2 unspecified atom stereocenters. The van der Waals surface area contributed by atoms with Gasteiger partial charge < -0.3 is 5.32 Å². The number of benzene rings is 2. The molecular formula is C25H26N4O3. The number of fused-ring (bicyclic) bond motifs is 6. The second-order valence-electron chi connectivity index (χ2n) is 9.91. The van der Waals surface area contributed by atoms with Crippen LogP contribution in [-0.2, 0) is 15.6 Å². The Morgan fingerprint density at radius 1 is 1.03 bits per heavy atom. The number of nitrogens with zero attached hydrogens (tertiary/aromatic N) is 3. The van der Waals surface area contributed by atoms with E-state index in [0.29, 0.717) is 23.1 Å². The first kappa shape index (κ1) is 20.5. The lowest BCUT2D eigenvalue weighted by Crippen LogP contribution is -2.48. The third-order valence-electron chi connectivity index (χ3n) is 8.47. The normalized spacial score (nSPS) is 25.0. The maximum Gasteiger partial charge on any atom is 0.271 e. The number of aromatic nitrogens is 2. The second kappa shape index (κ2) is 6.34. The molecular weight excluding hydrogens is 404 g/mol. The van der Waals surface area contributed by atoms with Crippen LogP contribution in [0.25, 0.3) is 11.0 Å². The number of amides is 1. The molecule has 1 heterocycles. The van der Waals surface area contributed by atoms with Crippen LogP contribution in [0.5, 0.6) is 0 Å². The van der Waals surface area contributed by atoms with E-state index in [9.17, 15) is 14.9 Å². The lowest BCUT2D eigenvalue weighted by molar-refractivity contribution is -0.384. The lowest BCUT2D eigenvalue weighted by Gasteiger charge is -2.39. The molecule has 1 aromatic heterocycles. The fraction of sp³-hybridized carbons (Fsp3) is 0.400. The largest absolute Gasteiger partial charge is 0.325 e. The van der Waals surface area contributed by atoms with Crippen molar-refractivity contribution in [3.05, 3.63) is 69.0 Å². The van der Waals surface area contributed by atoms with E-state index in [-0.39, 0.29) is 17.0 Å². The number of carbonyl (C=O) groups is 1. The number of nitro benzene ring substituents is 1. The van der Waals surface area contributed by atoms with Gasteiger partial charge in [0, 0.05) is 23.2 Å². The molecule has 1 saturated carbocycles. The van der Waals surface area contributed by atoms with Crippen molar-refractivity contribution in [1.82, 2.24) is 9.97 Å². The summed E-state index contributed by atoms with van der Waals surface area (Å²) in [5, 5.41) is 14.5. The minimum Gasteiger partial charge on any atom is -0.325 e. The van der Waals surface area contributed by atoms with Gasteiger partial charge in [-0.25, -0.2) is 9.97 Å². The molecule has 1 N–H and O–H groups in total. The quantitative estimate of drug-likeness (QED) is 0.459. The summed E-state index contributed by atoms with van der Waals surface area (Å²) in [7, 11) is 0. The molecule has 2 aliphatic carbocycles. The Labute approximate surface area is 186 Å². The van der Waals surface area contributed by atoms with Gasteiger partial charge >= 0.3 is 0 Å². The third-order valence-corrected chi connectivity index (χ3v) is 8.47. The topological polar surface area (TPSA) is 98.0 Å². The van der Waals surface area contributed by atoms with E-state index in [1.165, 1.54) is 12.1 Å². The molecule has 1 amide bonds. The van der Waals surface area contributed by atoms with Crippen molar-refractivity contribution in [3.8, 4) is 0 Å². The minimum atomic E-state index is -0.862. The summed E-state index contributed by atoms with van der Waals surface area (Å²) in [5.41, 5.74) is 3.87. The number of carbonyl (C=O) groups excluding carboxylic acids is 1. The van der Waals surface area contributed by atoms with Gasteiger partial charge in [0.2, 0.25) is 5.91 Å². The molecule has 32 heavy (non-hydrogen) atoms. The minimum absolute atomic E-state index is 0.0331. The summed E-state index contributed by atoms with van der Waals surface area (Å²) < 4.78 is 0. The van der Waals surface area contributed by atoms with Crippen molar-refractivity contribution in [2.45, 2.75) is 58.3 Å². The fourth-order valence-electron chi connectivity index (χ4n) is 5.82. The molecule has 2 aromatic carbocycles. The van der Waals surface area contributed by atoms with Gasteiger partial charge in [0.1, 0.15) is 0 Å². The van der Waals surface area contributed by atoms with E-state index in [4.69, 9.17) is 9.97 Å². The summed E-state index contributed by atoms with van der Waals surface area (Å²) in [6.45, 7) is 10.4. The lowest BCUT2D eigenvalue weighted by atomic mass is 9.63. The van der Waals surface area contributed by atoms with Crippen molar-refractivity contribution < 1.29 is 9.72 Å². The predicted octanol–water partition coefficient (Wildman–Crippen LogP) is 5.12. The number of rotatable bonds is 3. The summed E-state index contributed by atoms with van der Waals surface area (Å²) in [6, 6.07) is 10.4. The van der Waals surface area contributed by atoms with Crippen LogP contribution >= 0.6 is 0 Å². The van der Waals surface area contributed by atoms with Gasteiger partial charge in [0.25, 0.3) is 5.69 Å². The number of nitro groups is 1. The Balaban J connectivity index is 1.71. The van der Waals surface area contributed by atoms with Gasteiger partial charge in [-0.05, 0) is 55.4 Å². The first-order chi connectivity index (χ1) is 15.0. The highest BCUT2D eigenvalue weighted by Crippen LogP contribution is 2.70. The zero-order valence-corrected chi connectivity index (χ0v) is 18.9. The Morgan fingerprint density at radius 2 is 1.75 bits per heavy atom. The second-order valence-corrected chi connectivity index (χ2v) is 9.91. The Hall–Kier alpha value is -3.35. The standard InChI is InChI=1S/C25H26N4O3/c1-14-7-6-8-17(15(14)2)28-22(30)25-12-11-24(5,23(25,3)4)20-21(25)27-19-13-16(29(31)32)9-10-18(19)26-20/h6-10,13H,11-12H2,1-5H3,(H,28,30). The number of nitrogens with one attached hydrogen (secondary N) is 1. The molecule has 3 aromatic rings. The highest BCUT2D eigenvalue weighted by atomic mass is 16.6. The molecule has 0 aliphatic heterocycles. The van der Waals surface area contributed by atoms with Gasteiger partial charge in [0.05, 0.1) is 32.8 Å². The van der Waals surface area contributed by atoms with Crippen LogP contribution in [0.2, 0.25) is 0 Å².